The fourth-order valence-corrected chi connectivity index (χ4v) is 1.69. The van der Waals surface area contributed by atoms with Gasteiger partial charge >= 0.3 is 0 Å². The first-order valence-corrected chi connectivity index (χ1v) is 5.77. The lowest BCUT2D eigenvalue weighted by atomic mass is 9.96. The van der Waals surface area contributed by atoms with Gasteiger partial charge in [0.25, 0.3) is 0 Å². The third-order valence-corrected chi connectivity index (χ3v) is 2.40. The first kappa shape index (κ1) is 14.9. The Morgan fingerprint density at radius 3 is 2.12 bits per heavy atom. The lowest BCUT2D eigenvalue weighted by Gasteiger charge is -2.25. The second-order valence-corrected chi connectivity index (χ2v) is 4.38. The van der Waals surface area contributed by atoms with Crippen LogP contribution in [0, 0.1) is 11.8 Å². The molecule has 16 heavy (non-hydrogen) atoms. The molecule has 2 N–H and O–H groups in total. The van der Waals surface area contributed by atoms with Gasteiger partial charge in [0.2, 0.25) is 5.91 Å². The summed E-state index contributed by atoms with van der Waals surface area (Å²) < 4.78 is 0. The number of hydrogen-bond donors (Lipinski definition) is 1. The molecule has 0 saturated heterocycles. The number of nitrogens with two attached hydrogens (primary N) is 1. The van der Waals surface area contributed by atoms with E-state index in [0.29, 0.717) is 25.6 Å². The molecule has 0 aromatic rings. The highest BCUT2D eigenvalue weighted by Crippen LogP contribution is 2.13. The normalized spacial score (nSPS) is 12.2. The molecule has 0 bridgehead atoms. The second-order valence-electron chi connectivity index (χ2n) is 4.38. The summed E-state index contributed by atoms with van der Waals surface area (Å²) in [5.41, 5.74) is 5.65. The Kier molecular flexibility index (Phi) is 7.56. The number of nitrogens with zero attached hydrogens (tertiary/aromatic N) is 1. The Hall–Kier alpha value is -1.09. The van der Waals surface area contributed by atoms with Crippen molar-refractivity contribution in [2.75, 3.05) is 19.6 Å². The van der Waals surface area contributed by atoms with E-state index in [0.717, 1.165) is 6.42 Å². The van der Waals surface area contributed by atoms with E-state index < -0.39 is 0 Å². The fourth-order valence-electron chi connectivity index (χ4n) is 1.69. The van der Waals surface area contributed by atoms with Gasteiger partial charge in [-0.05, 0) is 12.3 Å². The fraction of sp³-hybridized carbons (Fsp3) is 0.615. The van der Waals surface area contributed by atoms with E-state index in [-0.39, 0.29) is 11.8 Å². The summed E-state index contributed by atoms with van der Waals surface area (Å²) in [7, 11) is 0. The van der Waals surface area contributed by atoms with Crippen LogP contribution in [0.4, 0.5) is 0 Å². The molecule has 0 fully saturated rings. The van der Waals surface area contributed by atoms with Gasteiger partial charge in [0.05, 0.1) is 5.92 Å². The second kappa shape index (κ2) is 8.11. The Morgan fingerprint density at radius 2 is 1.81 bits per heavy atom. The van der Waals surface area contributed by atoms with Crippen molar-refractivity contribution in [1.82, 2.24) is 4.90 Å². The first-order chi connectivity index (χ1) is 7.56. The van der Waals surface area contributed by atoms with Gasteiger partial charge in [0, 0.05) is 19.6 Å². The third-order valence-electron chi connectivity index (χ3n) is 2.40. The van der Waals surface area contributed by atoms with Gasteiger partial charge in [-0.25, -0.2) is 0 Å². The van der Waals surface area contributed by atoms with Crippen LogP contribution >= 0.6 is 0 Å². The summed E-state index contributed by atoms with van der Waals surface area (Å²) in [5.74, 6) is 0.503. The number of rotatable bonds is 8. The summed E-state index contributed by atoms with van der Waals surface area (Å²) in [4.78, 5) is 13.9. The van der Waals surface area contributed by atoms with E-state index in [1.807, 2.05) is 0 Å². The van der Waals surface area contributed by atoms with Gasteiger partial charge in [-0.2, -0.15) is 0 Å². The predicted octanol–water partition coefficient (Wildman–Crippen LogP) is 1.81. The topological polar surface area (TPSA) is 46.3 Å². The molecule has 0 aliphatic rings. The highest BCUT2D eigenvalue weighted by Gasteiger charge is 2.22. The van der Waals surface area contributed by atoms with E-state index in [2.05, 4.69) is 27.0 Å². The quantitative estimate of drug-likeness (QED) is 0.639. The zero-order valence-corrected chi connectivity index (χ0v) is 10.5. The number of carbonyl (C=O) groups is 1. The summed E-state index contributed by atoms with van der Waals surface area (Å²) in [6.07, 6.45) is 4.29. The highest BCUT2D eigenvalue weighted by atomic mass is 16.2. The van der Waals surface area contributed by atoms with Crippen LogP contribution in [0.1, 0.15) is 20.3 Å². The number of hydrogen-bond acceptors (Lipinski definition) is 2. The molecule has 3 heteroatoms. The molecule has 0 heterocycles. The van der Waals surface area contributed by atoms with E-state index in [1.54, 1.807) is 17.1 Å². The van der Waals surface area contributed by atoms with E-state index in [4.69, 9.17) is 5.73 Å². The minimum Gasteiger partial charge on any atom is -0.335 e. The van der Waals surface area contributed by atoms with Gasteiger partial charge in [0.15, 0.2) is 0 Å². The van der Waals surface area contributed by atoms with Crippen molar-refractivity contribution >= 4 is 5.91 Å². The average Bonchev–Trinajstić information content (AvgIpc) is 2.24. The van der Waals surface area contributed by atoms with Crippen LogP contribution in [-0.4, -0.2) is 30.4 Å². The molecule has 92 valence electrons. The number of amides is 1. The maximum Gasteiger partial charge on any atom is 0.227 e. The Balaban J connectivity index is 4.52. The van der Waals surface area contributed by atoms with Crippen molar-refractivity contribution in [3.05, 3.63) is 25.3 Å². The first-order valence-electron chi connectivity index (χ1n) is 5.77. The van der Waals surface area contributed by atoms with Crippen LogP contribution in [0.15, 0.2) is 25.3 Å². The largest absolute Gasteiger partial charge is 0.335 e. The maximum absolute atomic E-state index is 12.1. The van der Waals surface area contributed by atoms with Crippen molar-refractivity contribution in [2.45, 2.75) is 20.3 Å². The predicted molar refractivity (Wildman–Crippen MR) is 69.0 cm³/mol. The Labute approximate surface area is 99.0 Å². The molecule has 0 spiro atoms. The van der Waals surface area contributed by atoms with E-state index >= 15 is 0 Å². The van der Waals surface area contributed by atoms with Gasteiger partial charge in [-0.1, -0.05) is 26.0 Å². The van der Waals surface area contributed by atoms with Crippen molar-refractivity contribution in [3.63, 3.8) is 0 Å². The number of carbonyl (C=O) groups excluding carboxylic acids is 1. The summed E-state index contributed by atoms with van der Waals surface area (Å²) in [6.45, 7) is 13.0. The molecule has 0 radical (unpaired) electrons. The van der Waals surface area contributed by atoms with Crippen molar-refractivity contribution < 1.29 is 4.79 Å². The van der Waals surface area contributed by atoms with E-state index in [1.165, 1.54) is 0 Å². The molecule has 1 unspecified atom stereocenters. The average molecular weight is 224 g/mol. The lowest BCUT2D eigenvalue weighted by Crippen LogP contribution is -2.39. The minimum absolute atomic E-state index is 0.0834. The molecule has 0 aliphatic heterocycles. The van der Waals surface area contributed by atoms with Crippen LogP contribution in [0.25, 0.3) is 0 Å². The van der Waals surface area contributed by atoms with Crippen LogP contribution in [-0.2, 0) is 4.79 Å². The van der Waals surface area contributed by atoms with Gasteiger partial charge < -0.3 is 10.6 Å². The zero-order valence-electron chi connectivity index (χ0n) is 10.5. The molecule has 3 nitrogen and oxygen atoms in total. The molecule has 0 rings (SSSR count). The zero-order chi connectivity index (χ0) is 12.6. The van der Waals surface area contributed by atoms with Crippen molar-refractivity contribution in [3.8, 4) is 0 Å². The molecular weight excluding hydrogens is 200 g/mol. The molecule has 0 saturated carbocycles. The monoisotopic (exact) mass is 224 g/mol. The van der Waals surface area contributed by atoms with Crippen LogP contribution in [0.5, 0.6) is 0 Å². The lowest BCUT2D eigenvalue weighted by molar-refractivity contribution is -0.134. The van der Waals surface area contributed by atoms with Crippen LogP contribution in [0.3, 0.4) is 0 Å². The smallest absolute Gasteiger partial charge is 0.227 e. The van der Waals surface area contributed by atoms with Crippen molar-refractivity contribution in [1.29, 1.82) is 0 Å². The van der Waals surface area contributed by atoms with Crippen LogP contribution in [0.2, 0.25) is 0 Å². The SMILES string of the molecule is C=CCN(CC=C)C(=O)C(CN)CC(C)C. The third kappa shape index (κ3) is 5.12. The Morgan fingerprint density at radius 1 is 1.31 bits per heavy atom. The van der Waals surface area contributed by atoms with Gasteiger partial charge in [-0.15, -0.1) is 13.2 Å². The molecular formula is C13H24N2O. The molecule has 1 atom stereocenters. The summed E-state index contributed by atoms with van der Waals surface area (Å²) in [6, 6.07) is 0. The molecule has 0 aromatic carbocycles. The standard InChI is InChI=1S/C13H24N2O/c1-5-7-15(8-6-2)13(16)12(10-14)9-11(3)4/h5-6,11-12H,1-2,7-10,14H2,3-4H3. The molecule has 1 amide bonds. The Bertz CT molecular complexity index is 226. The molecule has 0 aliphatic carbocycles. The van der Waals surface area contributed by atoms with Crippen molar-refractivity contribution in [2.24, 2.45) is 17.6 Å². The minimum atomic E-state index is -0.0834. The molecule has 0 aromatic heterocycles. The van der Waals surface area contributed by atoms with E-state index in [9.17, 15) is 4.79 Å². The van der Waals surface area contributed by atoms with Gasteiger partial charge in [-0.3, -0.25) is 4.79 Å². The van der Waals surface area contributed by atoms with Crippen LogP contribution < -0.4 is 5.73 Å². The highest BCUT2D eigenvalue weighted by molar-refractivity contribution is 5.79. The summed E-state index contributed by atoms with van der Waals surface area (Å²) in [5, 5.41) is 0. The summed E-state index contributed by atoms with van der Waals surface area (Å²) >= 11 is 0. The van der Waals surface area contributed by atoms with Gasteiger partial charge in [0.1, 0.15) is 0 Å². The maximum atomic E-state index is 12.1.